The van der Waals surface area contributed by atoms with Gasteiger partial charge in [-0.1, -0.05) is 25.4 Å². The predicted octanol–water partition coefficient (Wildman–Crippen LogP) is 5.24. The van der Waals surface area contributed by atoms with E-state index in [1.165, 1.54) is 0 Å². The molecule has 1 aromatic carbocycles. The van der Waals surface area contributed by atoms with Gasteiger partial charge in [-0.05, 0) is 37.6 Å². The Bertz CT molecular complexity index is 1120. The van der Waals surface area contributed by atoms with E-state index in [0.717, 1.165) is 49.6 Å². The van der Waals surface area contributed by atoms with Gasteiger partial charge in [-0.2, -0.15) is 0 Å². The third-order valence-electron chi connectivity index (χ3n) is 8.12. The number of carbonyl (C=O) groups excluding carboxylic acids is 1. The number of hydrogen-bond donors (Lipinski definition) is 0. The number of ether oxygens (including phenoxy) is 5. The molecule has 41 heavy (non-hydrogen) atoms. The molecule has 226 valence electrons. The zero-order valence-corrected chi connectivity index (χ0v) is 25.6. The number of esters is 1. The minimum absolute atomic E-state index is 0.00349. The molecule has 3 unspecified atom stereocenters. The molecule has 4 rings (SSSR count). The molecule has 0 radical (unpaired) electrons. The van der Waals surface area contributed by atoms with Crippen molar-refractivity contribution in [2.75, 3.05) is 63.5 Å². The van der Waals surface area contributed by atoms with Crippen molar-refractivity contribution in [2.45, 2.75) is 58.3 Å². The monoisotopic (exact) mass is 589 g/mol. The standard InChI is InChI=1S/C31H44ClN3O6/c1-6-39-31(36)17-26-22(3)29(40-15-7-14-37-4)20-35(26)23-8-10-24(11-9-23)41-28-12-13-34(19-21(28)2)27-16-30(38-5)33-18-25(27)32/h8-11,16,18,21-22,26,28-29H,6-7,12-15,17,19-20H2,1-5H3/t21-,22?,26?,28+,29?/m0/s1. The fraction of sp³-hybridized carbons (Fsp3) is 0.613. The van der Waals surface area contributed by atoms with E-state index in [0.29, 0.717) is 43.1 Å². The van der Waals surface area contributed by atoms with Gasteiger partial charge in [0.2, 0.25) is 5.88 Å². The van der Waals surface area contributed by atoms with E-state index in [-0.39, 0.29) is 30.1 Å². The normalized spacial score (nSPS) is 24.4. The summed E-state index contributed by atoms with van der Waals surface area (Å²) in [5.74, 6) is 1.68. The summed E-state index contributed by atoms with van der Waals surface area (Å²) in [4.78, 5) is 21.2. The number of benzene rings is 1. The lowest BCUT2D eigenvalue weighted by Gasteiger charge is -2.38. The number of pyridine rings is 1. The molecule has 2 aromatic rings. The molecule has 2 saturated heterocycles. The summed E-state index contributed by atoms with van der Waals surface area (Å²) < 4.78 is 28.4. The van der Waals surface area contributed by atoms with Crippen LogP contribution in [0.5, 0.6) is 11.6 Å². The van der Waals surface area contributed by atoms with Crippen molar-refractivity contribution in [3.05, 3.63) is 41.6 Å². The lowest BCUT2D eigenvalue weighted by Crippen LogP contribution is -2.44. The molecule has 0 amide bonds. The Balaban J connectivity index is 1.39. The number of aromatic nitrogens is 1. The van der Waals surface area contributed by atoms with Crippen LogP contribution in [0.25, 0.3) is 0 Å². The van der Waals surface area contributed by atoms with Crippen molar-refractivity contribution < 1.29 is 28.5 Å². The summed E-state index contributed by atoms with van der Waals surface area (Å²) in [5.41, 5.74) is 1.98. The molecule has 2 aliphatic rings. The summed E-state index contributed by atoms with van der Waals surface area (Å²) >= 11 is 6.44. The molecule has 2 aliphatic heterocycles. The lowest BCUT2D eigenvalue weighted by atomic mass is 9.96. The second-order valence-corrected chi connectivity index (χ2v) is 11.3. The summed E-state index contributed by atoms with van der Waals surface area (Å²) in [6.45, 7) is 10.2. The van der Waals surface area contributed by atoms with E-state index in [1.807, 2.05) is 25.1 Å². The minimum atomic E-state index is -0.179. The topological polar surface area (TPSA) is 82.6 Å². The SMILES string of the molecule is CCOC(=O)CC1C(C)C(OCCCOC)CN1c1ccc(O[C@@H]2CCN(c3cc(OC)ncc3Cl)C[C@@H]2C)cc1. The van der Waals surface area contributed by atoms with Gasteiger partial charge >= 0.3 is 5.97 Å². The van der Waals surface area contributed by atoms with Crippen LogP contribution in [0.3, 0.4) is 0 Å². The van der Waals surface area contributed by atoms with Crippen LogP contribution in [-0.2, 0) is 19.0 Å². The second kappa shape index (κ2) is 14.9. The van der Waals surface area contributed by atoms with E-state index in [1.54, 1.807) is 20.4 Å². The van der Waals surface area contributed by atoms with Gasteiger partial charge in [0, 0.05) is 76.0 Å². The van der Waals surface area contributed by atoms with Crippen molar-refractivity contribution in [2.24, 2.45) is 11.8 Å². The highest BCUT2D eigenvalue weighted by molar-refractivity contribution is 6.33. The fourth-order valence-electron chi connectivity index (χ4n) is 5.83. The molecule has 2 fully saturated rings. The number of methoxy groups -OCH3 is 2. The molecule has 0 bridgehead atoms. The Hall–Kier alpha value is -2.75. The Kier molecular flexibility index (Phi) is 11.4. The molecule has 0 aliphatic carbocycles. The van der Waals surface area contributed by atoms with E-state index in [2.05, 4.69) is 40.8 Å². The molecular formula is C31H44ClN3O6. The van der Waals surface area contributed by atoms with Gasteiger partial charge in [-0.25, -0.2) is 4.98 Å². The Morgan fingerprint density at radius 1 is 1.10 bits per heavy atom. The van der Waals surface area contributed by atoms with Crippen molar-refractivity contribution in [3.63, 3.8) is 0 Å². The first kappa shape index (κ1) is 31.2. The van der Waals surface area contributed by atoms with Gasteiger partial charge in [0.05, 0.1) is 43.1 Å². The van der Waals surface area contributed by atoms with Crippen molar-refractivity contribution in [3.8, 4) is 11.6 Å². The number of hydrogen-bond acceptors (Lipinski definition) is 9. The summed E-state index contributed by atoms with van der Waals surface area (Å²) in [7, 11) is 3.30. The average Bonchev–Trinajstić information content (AvgIpc) is 3.27. The van der Waals surface area contributed by atoms with E-state index < -0.39 is 0 Å². The highest BCUT2D eigenvalue weighted by atomic mass is 35.5. The quantitative estimate of drug-likeness (QED) is 0.230. The molecule has 10 heteroatoms. The third-order valence-corrected chi connectivity index (χ3v) is 8.41. The summed E-state index contributed by atoms with van der Waals surface area (Å²) in [6, 6.07) is 10.1. The summed E-state index contributed by atoms with van der Waals surface area (Å²) in [6.07, 6.45) is 3.80. The number of rotatable bonds is 13. The van der Waals surface area contributed by atoms with Crippen LogP contribution in [-0.4, -0.2) is 82.9 Å². The van der Waals surface area contributed by atoms with Gasteiger partial charge in [-0.15, -0.1) is 0 Å². The van der Waals surface area contributed by atoms with Crippen LogP contribution >= 0.6 is 11.6 Å². The maximum Gasteiger partial charge on any atom is 0.307 e. The first-order valence-corrected chi connectivity index (χ1v) is 15.0. The van der Waals surface area contributed by atoms with Crippen LogP contribution in [0.4, 0.5) is 11.4 Å². The fourth-order valence-corrected chi connectivity index (χ4v) is 6.05. The molecule has 0 N–H and O–H groups in total. The number of anilines is 2. The predicted molar refractivity (Wildman–Crippen MR) is 160 cm³/mol. The third kappa shape index (κ3) is 7.96. The molecule has 3 heterocycles. The highest BCUT2D eigenvalue weighted by Crippen LogP contribution is 2.36. The lowest BCUT2D eigenvalue weighted by molar-refractivity contribution is -0.143. The van der Waals surface area contributed by atoms with Crippen LogP contribution in [0.15, 0.2) is 36.5 Å². The van der Waals surface area contributed by atoms with Gasteiger partial charge in [0.15, 0.2) is 0 Å². The van der Waals surface area contributed by atoms with Crippen molar-refractivity contribution in [1.82, 2.24) is 4.98 Å². The number of piperidine rings is 1. The molecule has 0 saturated carbocycles. The van der Waals surface area contributed by atoms with Gasteiger partial charge in [-0.3, -0.25) is 4.79 Å². The Labute approximate surface area is 249 Å². The second-order valence-electron chi connectivity index (χ2n) is 10.9. The molecule has 5 atom stereocenters. The maximum atomic E-state index is 12.5. The van der Waals surface area contributed by atoms with Crippen molar-refractivity contribution >= 4 is 28.9 Å². The van der Waals surface area contributed by atoms with Gasteiger partial charge in [0.1, 0.15) is 11.9 Å². The zero-order valence-electron chi connectivity index (χ0n) is 24.9. The summed E-state index contributed by atoms with van der Waals surface area (Å²) in [5, 5.41) is 0.619. The Morgan fingerprint density at radius 3 is 2.56 bits per heavy atom. The first-order valence-electron chi connectivity index (χ1n) is 14.6. The van der Waals surface area contributed by atoms with E-state index >= 15 is 0 Å². The van der Waals surface area contributed by atoms with E-state index in [4.69, 9.17) is 35.3 Å². The molecular weight excluding hydrogens is 546 g/mol. The molecule has 1 aromatic heterocycles. The van der Waals surface area contributed by atoms with Crippen LogP contribution in [0, 0.1) is 11.8 Å². The molecule has 0 spiro atoms. The number of halogens is 1. The van der Waals surface area contributed by atoms with Gasteiger partial charge in [0.25, 0.3) is 0 Å². The molecule has 9 nitrogen and oxygen atoms in total. The van der Waals surface area contributed by atoms with Crippen molar-refractivity contribution in [1.29, 1.82) is 0 Å². The maximum absolute atomic E-state index is 12.5. The highest BCUT2D eigenvalue weighted by Gasteiger charge is 2.41. The largest absolute Gasteiger partial charge is 0.490 e. The average molecular weight is 590 g/mol. The van der Waals surface area contributed by atoms with Gasteiger partial charge < -0.3 is 33.5 Å². The first-order chi connectivity index (χ1) is 19.8. The van der Waals surface area contributed by atoms with E-state index in [9.17, 15) is 4.79 Å². The number of carbonyl (C=O) groups is 1. The number of nitrogens with zero attached hydrogens (tertiary/aromatic N) is 3. The minimum Gasteiger partial charge on any atom is -0.490 e. The zero-order chi connectivity index (χ0) is 29.4. The smallest absolute Gasteiger partial charge is 0.307 e. The van der Waals surface area contributed by atoms with Crippen LogP contribution in [0.1, 0.15) is 40.0 Å². The van der Waals surface area contributed by atoms with Crippen LogP contribution in [0.2, 0.25) is 5.02 Å². The van der Waals surface area contributed by atoms with Crippen LogP contribution < -0.4 is 19.3 Å². The Morgan fingerprint density at radius 2 is 1.88 bits per heavy atom.